The van der Waals surface area contributed by atoms with Crippen molar-refractivity contribution in [1.29, 1.82) is 0 Å². The van der Waals surface area contributed by atoms with Crippen molar-refractivity contribution in [3.63, 3.8) is 0 Å². The molecule has 0 N–H and O–H groups in total. The normalized spacial score (nSPS) is 13.0. The molecule has 0 fully saturated rings. The predicted molar refractivity (Wildman–Crippen MR) is 97.5 cm³/mol. The fraction of sp³-hybridized carbons (Fsp3) is 0.250. The minimum Gasteiger partial charge on any atom is -0.497 e. The Kier molecular flexibility index (Phi) is 5.68. The first kappa shape index (κ1) is 18.1. The molecule has 2 aromatic rings. The molecule has 126 valence electrons. The van der Waals surface area contributed by atoms with E-state index in [4.69, 9.17) is 21.1 Å². The summed E-state index contributed by atoms with van der Waals surface area (Å²) in [7, 11) is 3.01. The van der Waals surface area contributed by atoms with Crippen LogP contribution in [0.25, 0.3) is 5.57 Å². The van der Waals surface area contributed by atoms with Crippen LogP contribution >= 0.6 is 11.6 Å². The maximum absolute atomic E-state index is 12.5. The molecule has 0 aliphatic heterocycles. The molecule has 1 atom stereocenters. The number of carbonyl (C=O) groups excluding carboxylic acids is 1. The van der Waals surface area contributed by atoms with Crippen LogP contribution in [0.1, 0.15) is 24.5 Å². The van der Waals surface area contributed by atoms with Crippen molar-refractivity contribution in [3.8, 4) is 5.75 Å². The Hall–Kier alpha value is -2.26. The third-order valence-corrected chi connectivity index (χ3v) is 4.41. The minimum atomic E-state index is -0.848. The number of rotatable bonds is 6. The molecule has 24 heavy (non-hydrogen) atoms. The quantitative estimate of drug-likeness (QED) is 0.700. The maximum Gasteiger partial charge on any atom is 0.316 e. The van der Waals surface area contributed by atoms with Crippen LogP contribution in [0, 0.1) is 0 Å². The number of halogens is 1. The van der Waals surface area contributed by atoms with Gasteiger partial charge < -0.3 is 9.47 Å². The zero-order chi connectivity index (χ0) is 17.7. The molecule has 0 aromatic heterocycles. The van der Waals surface area contributed by atoms with Gasteiger partial charge in [-0.25, -0.2) is 0 Å². The molecule has 2 aromatic carbocycles. The number of hydrogen-bond donors (Lipinski definition) is 0. The summed E-state index contributed by atoms with van der Waals surface area (Å²) in [4.78, 5) is 12.5. The summed E-state index contributed by atoms with van der Waals surface area (Å²) in [6.07, 6.45) is 0.425. The van der Waals surface area contributed by atoms with Crippen LogP contribution in [0.2, 0.25) is 5.02 Å². The van der Waals surface area contributed by atoms with E-state index in [0.29, 0.717) is 11.4 Å². The minimum absolute atomic E-state index is 0.311. The lowest BCUT2D eigenvalue weighted by molar-refractivity contribution is -0.146. The molecule has 0 radical (unpaired) electrons. The second kappa shape index (κ2) is 7.54. The molecule has 3 nitrogen and oxygen atoms in total. The summed E-state index contributed by atoms with van der Waals surface area (Å²) in [5.41, 5.74) is 1.75. The molecule has 0 spiro atoms. The molecule has 1 unspecified atom stereocenters. The summed E-state index contributed by atoms with van der Waals surface area (Å²) >= 11 is 5.96. The Labute approximate surface area is 147 Å². The van der Waals surface area contributed by atoms with Gasteiger partial charge in [0.1, 0.15) is 5.75 Å². The molecular weight excluding hydrogens is 324 g/mol. The molecular formula is C20H21ClO3. The van der Waals surface area contributed by atoms with Gasteiger partial charge in [-0.05, 0) is 54.3 Å². The van der Waals surface area contributed by atoms with Crippen LogP contribution in [-0.2, 0) is 14.9 Å². The average Bonchev–Trinajstić information content (AvgIpc) is 2.61. The van der Waals surface area contributed by atoms with Crippen LogP contribution in [0.4, 0.5) is 0 Å². The summed E-state index contributed by atoms with van der Waals surface area (Å²) in [6, 6.07) is 14.9. The molecule has 0 aliphatic rings. The smallest absolute Gasteiger partial charge is 0.316 e. The van der Waals surface area contributed by atoms with E-state index in [0.717, 1.165) is 22.4 Å². The lowest BCUT2D eigenvalue weighted by Crippen LogP contribution is -2.34. The van der Waals surface area contributed by atoms with Gasteiger partial charge in [-0.1, -0.05) is 42.4 Å². The second-order valence-electron chi connectivity index (χ2n) is 5.84. The van der Waals surface area contributed by atoms with E-state index in [1.807, 2.05) is 43.3 Å². The largest absolute Gasteiger partial charge is 0.497 e. The summed E-state index contributed by atoms with van der Waals surface area (Å²) in [5.74, 6) is 0.439. The molecule has 0 heterocycles. The summed E-state index contributed by atoms with van der Waals surface area (Å²) in [5, 5.41) is 0.623. The zero-order valence-corrected chi connectivity index (χ0v) is 14.9. The number of esters is 1. The van der Waals surface area contributed by atoms with Gasteiger partial charge in [0.05, 0.1) is 19.6 Å². The Balaban J connectivity index is 2.36. The number of ether oxygens (including phenoxy) is 2. The first-order valence-electron chi connectivity index (χ1n) is 7.57. The van der Waals surface area contributed by atoms with Gasteiger partial charge in [0, 0.05) is 5.02 Å². The number of allylic oxidation sites excluding steroid dienone is 1. The van der Waals surface area contributed by atoms with Crippen molar-refractivity contribution >= 4 is 23.1 Å². The molecule has 4 heteroatoms. The van der Waals surface area contributed by atoms with Crippen molar-refractivity contribution in [2.45, 2.75) is 18.8 Å². The van der Waals surface area contributed by atoms with Crippen molar-refractivity contribution in [3.05, 3.63) is 71.3 Å². The Morgan fingerprint density at radius 1 is 1.17 bits per heavy atom. The SMILES string of the molecule is C=C(CC(C)(C(=O)OC)c1ccc(Cl)cc1)c1cccc(OC)c1. The molecule has 0 saturated carbocycles. The Bertz CT molecular complexity index is 737. The third-order valence-electron chi connectivity index (χ3n) is 4.16. The topological polar surface area (TPSA) is 35.5 Å². The highest BCUT2D eigenvalue weighted by atomic mass is 35.5. The van der Waals surface area contributed by atoms with E-state index in [-0.39, 0.29) is 5.97 Å². The molecule has 0 amide bonds. The highest BCUT2D eigenvalue weighted by molar-refractivity contribution is 6.30. The lowest BCUT2D eigenvalue weighted by atomic mass is 9.76. The number of hydrogen-bond acceptors (Lipinski definition) is 3. The number of methoxy groups -OCH3 is 2. The van der Waals surface area contributed by atoms with Crippen molar-refractivity contribution in [1.82, 2.24) is 0 Å². The maximum atomic E-state index is 12.5. The van der Waals surface area contributed by atoms with Crippen molar-refractivity contribution in [2.24, 2.45) is 0 Å². The summed E-state index contributed by atoms with van der Waals surface area (Å²) < 4.78 is 10.3. The van der Waals surface area contributed by atoms with Crippen LogP contribution in [0.5, 0.6) is 5.75 Å². The first-order valence-corrected chi connectivity index (χ1v) is 7.95. The third kappa shape index (κ3) is 3.80. The number of carbonyl (C=O) groups is 1. The van der Waals surface area contributed by atoms with E-state index in [2.05, 4.69) is 6.58 Å². The first-order chi connectivity index (χ1) is 11.4. The second-order valence-corrected chi connectivity index (χ2v) is 6.28. The van der Waals surface area contributed by atoms with Gasteiger partial charge in [0.2, 0.25) is 0 Å². The van der Waals surface area contributed by atoms with E-state index in [1.165, 1.54) is 7.11 Å². The van der Waals surface area contributed by atoms with Crippen LogP contribution in [0.3, 0.4) is 0 Å². The Morgan fingerprint density at radius 3 is 2.42 bits per heavy atom. The van der Waals surface area contributed by atoms with Crippen LogP contribution < -0.4 is 4.74 Å². The van der Waals surface area contributed by atoms with Gasteiger partial charge in [-0.2, -0.15) is 0 Å². The molecule has 0 saturated heterocycles. The van der Waals surface area contributed by atoms with Gasteiger partial charge in [0.25, 0.3) is 0 Å². The van der Waals surface area contributed by atoms with Gasteiger partial charge in [0.15, 0.2) is 0 Å². The fourth-order valence-electron chi connectivity index (χ4n) is 2.71. The number of benzene rings is 2. The molecule has 0 bridgehead atoms. The average molecular weight is 345 g/mol. The van der Waals surface area contributed by atoms with Gasteiger partial charge >= 0.3 is 5.97 Å². The fourth-order valence-corrected chi connectivity index (χ4v) is 2.83. The predicted octanol–water partition coefficient (Wildman–Crippen LogP) is 4.88. The van der Waals surface area contributed by atoms with Crippen LogP contribution in [-0.4, -0.2) is 20.2 Å². The highest BCUT2D eigenvalue weighted by Gasteiger charge is 2.37. The lowest BCUT2D eigenvalue weighted by Gasteiger charge is -2.28. The highest BCUT2D eigenvalue weighted by Crippen LogP contribution is 2.36. The van der Waals surface area contributed by atoms with Crippen molar-refractivity contribution in [2.75, 3.05) is 14.2 Å². The van der Waals surface area contributed by atoms with Crippen molar-refractivity contribution < 1.29 is 14.3 Å². The van der Waals surface area contributed by atoms with E-state index < -0.39 is 5.41 Å². The van der Waals surface area contributed by atoms with Gasteiger partial charge in [-0.3, -0.25) is 4.79 Å². The molecule has 0 aliphatic carbocycles. The van der Waals surface area contributed by atoms with Crippen LogP contribution in [0.15, 0.2) is 55.1 Å². The Morgan fingerprint density at radius 2 is 1.83 bits per heavy atom. The van der Waals surface area contributed by atoms with E-state index in [9.17, 15) is 4.79 Å². The van der Waals surface area contributed by atoms with E-state index >= 15 is 0 Å². The van der Waals surface area contributed by atoms with Gasteiger partial charge in [-0.15, -0.1) is 0 Å². The zero-order valence-electron chi connectivity index (χ0n) is 14.1. The standard InChI is InChI=1S/C20H21ClO3/c1-14(15-6-5-7-18(12-15)23-3)13-20(2,19(22)24-4)16-8-10-17(21)11-9-16/h5-12H,1,13H2,2-4H3. The summed E-state index contributed by atoms with van der Waals surface area (Å²) in [6.45, 7) is 6.01. The molecule has 2 rings (SSSR count). The monoisotopic (exact) mass is 344 g/mol. The van der Waals surface area contributed by atoms with E-state index in [1.54, 1.807) is 19.2 Å².